The van der Waals surface area contributed by atoms with Crippen LogP contribution in [0.2, 0.25) is 0 Å². The number of amides is 2. The van der Waals surface area contributed by atoms with E-state index in [2.05, 4.69) is 15.6 Å². The Bertz CT molecular complexity index is 442. The Labute approximate surface area is 111 Å². The molecule has 0 bridgehead atoms. The van der Waals surface area contributed by atoms with Crippen molar-refractivity contribution in [2.24, 2.45) is 5.92 Å². The van der Waals surface area contributed by atoms with E-state index in [4.69, 9.17) is 9.52 Å². The molecule has 0 radical (unpaired) electrons. The standard InChI is InChI=1S/C12H19N3O4/c1-4-8-5-13-9(19-8)6-14-12(18)15-10(7(2)3)11(16)17/h5,7,10H,4,6H2,1-3H3,(H,16,17)(H2,14,15,18)/t10-/m1/s1. The maximum atomic E-state index is 11.6. The minimum absolute atomic E-state index is 0.121. The second-order valence-corrected chi connectivity index (χ2v) is 4.46. The second-order valence-electron chi connectivity index (χ2n) is 4.46. The number of carbonyl (C=O) groups excluding carboxylic acids is 1. The molecule has 0 aliphatic rings. The molecule has 106 valence electrons. The first kappa shape index (κ1) is 15.0. The molecule has 0 aliphatic carbocycles. The molecular weight excluding hydrogens is 250 g/mol. The van der Waals surface area contributed by atoms with E-state index >= 15 is 0 Å². The first-order chi connectivity index (χ1) is 8.93. The van der Waals surface area contributed by atoms with Crippen molar-refractivity contribution in [2.75, 3.05) is 0 Å². The average molecular weight is 269 g/mol. The Hall–Kier alpha value is -2.05. The van der Waals surface area contributed by atoms with Gasteiger partial charge in [-0.15, -0.1) is 0 Å². The molecule has 7 nitrogen and oxygen atoms in total. The number of urea groups is 1. The average Bonchev–Trinajstić information content (AvgIpc) is 2.80. The third-order valence-corrected chi connectivity index (χ3v) is 2.57. The SMILES string of the molecule is CCc1cnc(CNC(=O)N[C@@H](C(=O)O)C(C)C)o1. The van der Waals surface area contributed by atoms with Gasteiger partial charge in [0.2, 0.25) is 5.89 Å². The van der Waals surface area contributed by atoms with E-state index in [0.29, 0.717) is 5.89 Å². The minimum Gasteiger partial charge on any atom is -0.480 e. The van der Waals surface area contributed by atoms with Crippen LogP contribution >= 0.6 is 0 Å². The van der Waals surface area contributed by atoms with Crippen LogP contribution < -0.4 is 10.6 Å². The summed E-state index contributed by atoms with van der Waals surface area (Å²) < 4.78 is 5.31. The number of carboxylic acid groups (broad SMARTS) is 1. The Morgan fingerprint density at radius 3 is 2.63 bits per heavy atom. The van der Waals surface area contributed by atoms with E-state index in [1.165, 1.54) is 0 Å². The van der Waals surface area contributed by atoms with Gasteiger partial charge in [-0.3, -0.25) is 0 Å². The highest BCUT2D eigenvalue weighted by Gasteiger charge is 2.23. The third kappa shape index (κ3) is 4.61. The second kappa shape index (κ2) is 6.77. The van der Waals surface area contributed by atoms with Crippen LogP contribution in [0.3, 0.4) is 0 Å². The predicted molar refractivity (Wildman–Crippen MR) is 67.5 cm³/mol. The normalized spacial score (nSPS) is 12.2. The van der Waals surface area contributed by atoms with E-state index in [0.717, 1.165) is 12.2 Å². The molecule has 0 saturated heterocycles. The lowest BCUT2D eigenvalue weighted by atomic mass is 10.1. The van der Waals surface area contributed by atoms with Crippen LogP contribution in [0, 0.1) is 5.92 Å². The van der Waals surface area contributed by atoms with Crippen molar-refractivity contribution in [3.8, 4) is 0 Å². The number of aromatic nitrogens is 1. The van der Waals surface area contributed by atoms with Crippen molar-refractivity contribution >= 4 is 12.0 Å². The van der Waals surface area contributed by atoms with E-state index in [1.54, 1.807) is 20.0 Å². The van der Waals surface area contributed by atoms with Crippen LogP contribution in [0.25, 0.3) is 0 Å². The Morgan fingerprint density at radius 2 is 2.16 bits per heavy atom. The summed E-state index contributed by atoms with van der Waals surface area (Å²) in [7, 11) is 0. The molecule has 0 saturated carbocycles. The molecule has 0 fully saturated rings. The molecule has 0 aliphatic heterocycles. The highest BCUT2D eigenvalue weighted by molar-refractivity contribution is 5.82. The van der Waals surface area contributed by atoms with Crippen LogP contribution in [0.15, 0.2) is 10.6 Å². The van der Waals surface area contributed by atoms with Gasteiger partial charge in [-0.25, -0.2) is 14.6 Å². The van der Waals surface area contributed by atoms with E-state index in [-0.39, 0.29) is 12.5 Å². The summed E-state index contributed by atoms with van der Waals surface area (Å²) in [5, 5.41) is 13.8. The zero-order valence-electron chi connectivity index (χ0n) is 11.3. The van der Waals surface area contributed by atoms with Gasteiger partial charge in [0.25, 0.3) is 0 Å². The number of hydrogen-bond acceptors (Lipinski definition) is 4. The molecule has 1 aromatic rings. The fourth-order valence-electron chi connectivity index (χ4n) is 1.45. The summed E-state index contributed by atoms with van der Waals surface area (Å²) in [6, 6.07) is -1.48. The zero-order valence-corrected chi connectivity index (χ0v) is 11.3. The smallest absolute Gasteiger partial charge is 0.326 e. The van der Waals surface area contributed by atoms with Crippen molar-refractivity contribution in [1.29, 1.82) is 0 Å². The summed E-state index contributed by atoms with van der Waals surface area (Å²) in [4.78, 5) is 26.5. The van der Waals surface area contributed by atoms with E-state index < -0.39 is 18.0 Å². The maximum absolute atomic E-state index is 11.6. The van der Waals surface area contributed by atoms with Crippen molar-refractivity contribution in [2.45, 2.75) is 39.8 Å². The van der Waals surface area contributed by atoms with Crippen LogP contribution in [0.4, 0.5) is 4.79 Å². The third-order valence-electron chi connectivity index (χ3n) is 2.57. The molecule has 1 aromatic heterocycles. The Balaban J connectivity index is 2.44. The summed E-state index contributed by atoms with van der Waals surface area (Å²) in [5.74, 6) is -0.127. The number of carboxylic acids is 1. The van der Waals surface area contributed by atoms with Gasteiger partial charge in [0, 0.05) is 6.42 Å². The number of rotatable bonds is 6. The largest absolute Gasteiger partial charge is 0.480 e. The van der Waals surface area contributed by atoms with Gasteiger partial charge >= 0.3 is 12.0 Å². The van der Waals surface area contributed by atoms with E-state index in [9.17, 15) is 9.59 Å². The lowest BCUT2D eigenvalue weighted by Crippen LogP contribution is -2.48. The lowest BCUT2D eigenvalue weighted by molar-refractivity contribution is -0.140. The van der Waals surface area contributed by atoms with Gasteiger partial charge in [-0.1, -0.05) is 20.8 Å². The molecule has 0 spiro atoms. The number of aliphatic carboxylic acids is 1. The molecule has 2 amide bonds. The van der Waals surface area contributed by atoms with Crippen molar-refractivity contribution < 1.29 is 19.1 Å². The Morgan fingerprint density at radius 1 is 1.47 bits per heavy atom. The molecule has 3 N–H and O–H groups in total. The summed E-state index contributed by atoms with van der Waals surface area (Å²) in [6.45, 7) is 5.50. The highest BCUT2D eigenvalue weighted by atomic mass is 16.4. The van der Waals surface area contributed by atoms with Gasteiger partial charge in [0.1, 0.15) is 11.8 Å². The molecular formula is C12H19N3O4. The van der Waals surface area contributed by atoms with Crippen molar-refractivity contribution in [3.05, 3.63) is 17.8 Å². The first-order valence-electron chi connectivity index (χ1n) is 6.14. The van der Waals surface area contributed by atoms with Crippen LogP contribution in [-0.2, 0) is 17.8 Å². The fraction of sp³-hybridized carbons (Fsp3) is 0.583. The van der Waals surface area contributed by atoms with Gasteiger partial charge in [-0.2, -0.15) is 0 Å². The molecule has 1 atom stereocenters. The zero-order chi connectivity index (χ0) is 14.4. The van der Waals surface area contributed by atoms with Crippen molar-refractivity contribution in [3.63, 3.8) is 0 Å². The van der Waals surface area contributed by atoms with Crippen LogP contribution in [0.1, 0.15) is 32.4 Å². The fourth-order valence-corrected chi connectivity index (χ4v) is 1.45. The molecule has 1 rings (SSSR count). The summed E-state index contributed by atoms with van der Waals surface area (Å²) >= 11 is 0. The predicted octanol–water partition coefficient (Wildman–Crippen LogP) is 1.15. The maximum Gasteiger partial charge on any atom is 0.326 e. The van der Waals surface area contributed by atoms with Gasteiger partial charge in [0.05, 0.1) is 12.7 Å². The minimum atomic E-state index is -1.06. The van der Waals surface area contributed by atoms with Crippen LogP contribution in [0.5, 0.6) is 0 Å². The summed E-state index contributed by atoms with van der Waals surface area (Å²) in [6.07, 6.45) is 2.33. The molecule has 0 aromatic carbocycles. The van der Waals surface area contributed by atoms with Gasteiger partial charge in [-0.05, 0) is 5.92 Å². The number of carbonyl (C=O) groups is 2. The number of oxazole rings is 1. The lowest BCUT2D eigenvalue weighted by Gasteiger charge is -2.17. The quantitative estimate of drug-likeness (QED) is 0.718. The number of hydrogen-bond donors (Lipinski definition) is 3. The van der Waals surface area contributed by atoms with Gasteiger partial charge in [0.15, 0.2) is 0 Å². The number of aryl methyl sites for hydroxylation is 1. The topological polar surface area (TPSA) is 104 Å². The molecule has 7 heteroatoms. The number of nitrogens with zero attached hydrogens (tertiary/aromatic N) is 1. The summed E-state index contributed by atoms with van der Waals surface area (Å²) in [5.41, 5.74) is 0. The Kier molecular flexibility index (Phi) is 5.35. The molecule has 1 heterocycles. The first-order valence-corrected chi connectivity index (χ1v) is 6.14. The highest BCUT2D eigenvalue weighted by Crippen LogP contribution is 2.04. The molecule has 19 heavy (non-hydrogen) atoms. The number of nitrogens with one attached hydrogen (secondary N) is 2. The van der Waals surface area contributed by atoms with Crippen molar-refractivity contribution in [1.82, 2.24) is 15.6 Å². The van der Waals surface area contributed by atoms with Crippen LogP contribution in [-0.4, -0.2) is 28.1 Å². The van der Waals surface area contributed by atoms with Gasteiger partial charge < -0.3 is 20.2 Å². The van der Waals surface area contributed by atoms with E-state index in [1.807, 2.05) is 6.92 Å². The molecule has 0 unspecified atom stereocenters. The monoisotopic (exact) mass is 269 g/mol.